The van der Waals surface area contributed by atoms with Crippen molar-refractivity contribution in [3.63, 3.8) is 0 Å². The summed E-state index contributed by atoms with van der Waals surface area (Å²) >= 11 is 0. The molecule has 1 N–H and O–H groups in total. The summed E-state index contributed by atoms with van der Waals surface area (Å²) in [7, 11) is 3.43. The molecule has 2 fully saturated rings. The second-order valence-corrected chi connectivity index (χ2v) is 7.05. The number of rotatable bonds is 5. The first-order valence-corrected chi connectivity index (χ1v) is 9.16. The van der Waals surface area contributed by atoms with E-state index in [2.05, 4.69) is 21.8 Å². The second kappa shape index (κ2) is 9.56. The number of guanidine groups is 1. The van der Waals surface area contributed by atoms with Crippen molar-refractivity contribution in [3.8, 4) is 0 Å². The minimum absolute atomic E-state index is 0.0492. The molecule has 2 amide bonds. The fourth-order valence-electron chi connectivity index (χ4n) is 2.90. The molecular weight excluding hydrogens is 334 g/mol. The lowest BCUT2D eigenvalue weighted by molar-refractivity contribution is -0.142. The standard InChI is InChI=1S/C18H31N5O3/c1-14(2)12-19-18(20-13-16(24)21(3)4)23-9-7-22(8-10-23)17(25)15-6-5-11-26-15/h15H,1,5-13H2,2-4H3,(H,19,20). The Balaban J connectivity index is 1.93. The summed E-state index contributed by atoms with van der Waals surface area (Å²) < 4.78 is 5.50. The molecular formula is C18H31N5O3. The Bertz CT molecular complexity index is 547. The summed E-state index contributed by atoms with van der Waals surface area (Å²) in [6.07, 6.45) is 1.50. The van der Waals surface area contributed by atoms with Crippen LogP contribution in [0.1, 0.15) is 19.8 Å². The Morgan fingerprint density at radius 1 is 1.23 bits per heavy atom. The normalized spacial score (nSPS) is 20.9. The van der Waals surface area contributed by atoms with Gasteiger partial charge in [0.25, 0.3) is 5.91 Å². The summed E-state index contributed by atoms with van der Waals surface area (Å²) in [6, 6.07) is 0. The molecule has 8 nitrogen and oxygen atoms in total. The molecule has 2 aliphatic heterocycles. The molecule has 1 atom stereocenters. The highest BCUT2D eigenvalue weighted by atomic mass is 16.5. The molecule has 0 radical (unpaired) electrons. The third kappa shape index (κ3) is 5.72. The first kappa shape index (κ1) is 20.2. The number of carbonyl (C=O) groups excluding carboxylic acids is 2. The van der Waals surface area contributed by atoms with Crippen LogP contribution in [-0.2, 0) is 14.3 Å². The van der Waals surface area contributed by atoms with Gasteiger partial charge in [0.2, 0.25) is 5.91 Å². The largest absolute Gasteiger partial charge is 0.368 e. The molecule has 0 aromatic rings. The van der Waals surface area contributed by atoms with E-state index in [1.165, 1.54) is 4.90 Å². The molecule has 0 aromatic carbocycles. The van der Waals surface area contributed by atoms with Crippen molar-refractivity contribution in [2.24, 2.45) is 4.99 Å². The molecule has 2 saturated heterocycles. The van der Waals surface area contributed by atoms with Crippen molar-refractivity contribution in [1.29, 1.82) is 0 Å². The fraction of sp³-hybridized carbons (Fsp3) is 0.722. The molecule has 0 spiro atoms. The highest BCUT2D eigenvalue weighted by Gasteiger charge is 2.31. The average molecular weight is 365 g/mol. The number of nitrogens with zero attached hydrogens (tertiary/aromatic N) is 4. The Morgan fingerprint density at radius 2 is 1.88 bits per heavy atom. The second-order valence-electron chi connectivity index (χ2n) is 7.05. The fourth-order valence-corrected chi connectivity index (χ4v) is 2.90. The van der Waals surface area contributed by atoms with Crippen molar-refractivity contribution in [3.05, 3.63) is 12.2 Å². The van der Waals surface area contributed by atoms with Gasteiger partial charge in [0.1, 0.15) is 12.6 Å². The van der Waals surface area contributed by atoms with Crippen molar-refractivity contribution in [1.82, 2.24) is 20.0 Å². The molecule has 0 bridgehead atoms. The number of likely N-dealkylation sites (N-methyl/N-ethyl adjacent to an activating group) is 1. The van der Waals surface area contributed by atoms with Crippen molar-refractivity contribution < 1.29 is 14.3 Å². The van der Waals surface area contributed by atoms with Gasteiger partial charge in [0, 0.05) is 53.4 Å². The zero-order valence-electron chi connectivity index (χ0n) is 16.2. The third-order valence-electron chi connectivity index (χ3n) is 4.51. The average Bonchev–Trinajstić information content (AvgIpc) is 3.15. The smallest absolute Gasteiger partial charge is 0.251 e. The van der Waals surface area contributed by atoms with E-state index in [9.17, 15) is 9.59 Å². The Labute approximate surface area is 155 Å². The zero-order valence-corrected chi connectivity index (χ0v) is 16.2. The SMILES string of the molecule is C=C(C)CNC(=NCC(=O)N(C)C)N1CCN(C(=O)C2CCCO2)CC1. The number of amides is 2. The third-order valence-corrected chi connectivity index (χ3v) is 4.51. The van der Waals surface area contributed by atoms with Gasteiger partial charge in [-0.2, -0.15) is 0 Å². The number of aliphatic imine (C=N–C) groups is 1. The Kier molecular flexibility index (Phi) is 7.44. The number of carbonyl (C=O) groups is 2. The zero-order chi connectivity index (χ0) is 19.1. The molecule has 0 aliphatic carbocycles. The first-order chi connectivity index (χ1) is 12.4. The van der Waals surface area contributed by atoms with Gasteiger partial charge in [0.05, 0.1) is 0 Å². The number of nitrogens with one attached hydrogen (secondary N) is 1. The maximum Gasteiger partial charge on any atom is 0.251 e. The van der Waals surface area contributed by atoms with Gasteiger partial charge in [-0.1, -0.05) is 12.2 Å². The van der Waals surface area contributed by atoms with Crippen LogP contribution < -0.4 is 5.32 Å². The molecule has 8 heteroatoms. The van der Waals surface area contributed by atoms with Crippen LogP contribution in [0.15, 0.2) is 17.1 Å². The van der Waals surface area contributed by atoms with Gasteiger partial charge < -0.3 is 24.8 Å². The van der Waals surface area contributed by atoms with Crippen LogP contribution in [0.5, 0.6) is 0 Å². The van der Waals surface area contributed by atoms with Crippen LogP contribution in [0.25, 0.3) is 0 Å². The predicted molar refractivity (Wildman–Crippen MR) is 101 cm³/mol. The summed E-state index contributed by atoms with van der Waals surface area (Å²) in [4.78, 5) is 34.2. The quantitative estimate of drug-likeness (QED) is 0.419. The minimum atomic E-state index is -0.269. The topological polar surface area (TPSA) is 77.5 Å². The molecule has 2 aliphatic rings. The summed E-state index contributed by atoms with van der Waals surface area (Å²) in [6.45, 7) is 9.83. The van der Waals surface area contributed by atoms with Crippen LogP contribution in [0.2, 0.25) is 0 Å². The molecule has 146 valence electrons. The number of ether oxygens (including phenoxy) is 1. The molecule has 0 saturated carbocycles. The Hall–Kier alpha value is -2.09. The van der Waals surface area contributed by atoms with Crippen LogP contribution >= 0.6 is 0 Å². The first-order valence-electron chi connectivity index (χ1n) is 9.16. The predicted octanol–water partition coefficient (Wildman–Crippen LogP) is -0.0805. The Morgan fingerprint density at radius 3 is 2.42 bits per heavy atom. The monoisotopic (exact) mass is 365 g/mol. The maximum absolute atomic E-state index is 12.5. The van der Waals surface area contributed by atoms with Crippen molar-refractivity contribution >= 4 is 17.8 Å². The lowest BCUT2D eigenvalue weighted by atomic mass is 10.2. The van der Waals surface area contributed by atoms with Gasteiger partial charge in [-0.3, -0.25) is 9.59 Å². The lowest BCUT2D eigenvalue weighted by Crippen LogP contribution is -2.55. The van der Waals surface area contributed by atoms with Crippen molar-refractivity contribution in [2.75, 3.05) is 60.0 Å². The van der Waals surface area contributed by atoms with Crippen LogP contribution in [0.3, 0.4) is 0 Å². The van der Waals surface area contributed by atoms with E-state index in [1.807, 2.05) is 11.8 Å². The van der Waals surface area contributed by atoms with Crippen molar-refractivity contribution in [2.45, 2.75) is 25.9 Å². The van der Waals surface area contributed by atoms with Crippen LogP contribution in [-0.4, -0.2) is 98.5 Å². The molecule has 2 rings (SSSR count). The summed E-state index contributed by atoms with van der Waals surface area (Å²) in [5, 5.41) is 3.26. The van der Waals surface area contributed by atoms with E-state index in [0.717, 1.165) is 18.4 Å². The highest BCUT2D eigenvalue weighted by Crippen LogP contribution is 2.16. The summed E-state index contributed by atoms with van der Waals surface area (Å²) in [5.74, 6) is 0.734. The summed E-state index contributed by atoms with van der Waals surface area (Å²) in [5.41, 5.74) is 0.990. The minimum Gasteiger partial charge on any atom is -0.368 e. The molecule has 0 aromatic heterocycles. The maximum atomic E-state index is 12.5. The van der Waals surface area contributed by atoms with Gasteiger partial charge in [-0.25, -0.2) is 4.99 Å². The van der Waals surface area contributed by atoms with Gasteiger partial charge in [-0.15, -0.1) is 0 Å². The van der Waals surface area contributed by atoms with Crippen LogP contribution in [0, 0.1) is 0 Å². The van der Waals surface area contributed by atoms with E-state index >= 15 is 0 Å². The van der Waals surface area contributed by atoms with E-state index in [1.54, 1.807) is 14.1 Å². The highest BCUT2D eigenvalue weighted by molar-refractivity contribution is 5.85. The number of hydrogen-bond acceptors (Lipinski definition) is 4. The van der Waals surface area contributed by atoms with E-state index in [0.29, 0.717) is 45.3 Å². The van der Waals surface area contributed by atoms with Gasteiger partial charge in [0.15, 0.2) is 5.96 Å². The van der Waals surface area contributed by atoms with Gasteiger partial charge >= 0.3 is 0 Å². The van der Waals surface area contributed by atoms with Gasteiger partial charge in [-0.05, 0) is 19.8 Å². The van der Waals surface area contributed by atoms with E-state index < -0.39 is 0 Å². The molecule has 26 heavy (non-hydrogen) atoms. The molecule has 1 unspecified atom stereocenters. The number of piperazine rings is 1. The molecule has 2 heterocycles. The van der Waals surface area contributed by atoms with E-state index in [4.69, 9.17) is 4.74 Å². The van der Waals surface area contributed by atoms with E-state index in [-0.39, 0.29) is 24.5 Å². The lowest BCUT2D eigenvalue weighted by Gasteiger charge is -2.37. The number of hydrogen-bond donors (Lipinski definition) is 1. The van der Waals surface area contributed by atoms with Crippen LogP contribution in [0.4, 0.5) is 0 Å².